The van der Waals surface area contributed by atoms with Crippen molar-refractivity contribution in [1.82, 2.24) is 0 Å². The molecule has 1 N–H and O–H groups in total. The van der Waals surface area contributed by atoms with Gasteiger partial charge in [0.2, 0.25) is 0 Å². The molecule has 0 heterocycles. The SMILES string of the molecule is O=C(O)Cc1ccc(OC(Cc2ccccc2)c2cccc(Cl)c2)cc1. The average Bonchev–Trinajstić information content (AvgIpc) is 2.63. The molecule has 0 aliphatic carbocycles. The lowest BCUT2D eigenvalue weighted by molar-refractivity contribution is -0.136. The summed E-state index contributed by atoms with van der Waals surface area (Å²) in [7, 11) is 0. The second-order valence-electron chi connectivity index (χ2n) is 6.07. The first-order chi connectivity index (χ1) is 12.6. The van der Waals surface area contributed by atoms with E-state index in [2.05, 4.69) is 12.1 Å². The van der Waals surface area contributed by atoms with Crippen LogP contribution in [0.5, 0.6) is 5.75 Å². The maximum Gasteiger partial charge on any atom is 0.307 e. The number of halogens is 1. The van der Waals surface area contributed by atoms with E-state index >= 15 is 0 Å². The fraction of sp³-hybridized carbons (Fsp3) is 0.136. The lowest BCUT2D eigenvalue weighted by Gasteiger charge is -2.20. The predicted molar refractivity (Wildman–Crippen MR) is 103 cm³/mol. The number of rotatable bonds is 7. The van der Waals surface area contributed by atoms with Crippen molar-refractivity contribution < 1.29 is 14.6 Å². The third-order valence-corrected chi connectivity index (χ3v) is 4.28. The first-order valence-corrected chi connectivity index (χ1v) is 8.75. The van der Waals surface area contributed by atoms with E-state index in [9.17, 15) is 4.79 Å². The largest absolute Gasteiger partial charge is 0.485 e. The third-order valence-electron chi connectivity index (χ3n) is 4.04. The van der Waals surface area contributed by atoms with Gasteiger partial charge in [-0.1, -0.05) is 66.2 Å². The fourth-order valence-corrected chi connectivity index (χ4v) is 2.99. The van der Waals surface area contributed by atoms with Gasteiger partial charge in [-0.25, -0.2) is 0 Å². The van der Waals surface area contributed by atoms with Crippen LogP contribution >= 0.6 is 11.6 Å². The molecule has 0 saturated heterocycles. The van der Waals surface area contributed by atoms with Crippen LogP contribution in [0.15, 0.2) is 78.9 Å². The van der Waals surface area contributed by atoms with Crippen molar-refractivity contribution >= 4 is 17.6 Å². The molecule has 132 valence electrons. The van der Waals surface area contributed by atoms with E-state index in [1.807, 2.05) is 42.5 Å². The second kappa shape index (κ2) is 8.54. The molecular weight excluding hydrogens is 348 g/mol. The number of aliphatic carboxylic acids is 1. The van der Waals surface area contributed by atoms with Crippen LogP contribution in [0, 0.1) is 0 Å². The topological polar surface area (TPSA) is 46.5 Å². The summed E-state index contributed by atoms with van der Waals surface area (Å²) in [6.45, 7) is 0. The molecule has 26 heavy (non-hydrogen) atoms. The van der Waals surface area contributed by atoms with E-state index in [0.29, 0.717) is 17.2 Å². The number of ether oxygens (including phenoxy) is 1. The van der Waals surface area contributed by atoms with Crippen molar-refractivity contribution in [2.24, 2.45) is 0 Å². The number of benzene rings is 3. The Labute approximate surface area is 157 Å². The molecule has 0 amide bonds. The van der Waals surface area contributed by atoms with Crippen LogP contribution in [0.25, 0.3) is 0 Å². The van der Waals surface area contributed by atoms with Gasteiger partial charge in [-0.15, -0.1) is 0 Å². The van der Waals surface area contributed by atoms with Crippen LogP contribution in [-0.2, 0) is 17.6 Å². The van der Waals surface area contributed by atoms with E-state index < -0.39 is 5.97 Å². The molecule has 3 aromatic carbocycles. The standard InChI is InChI=1S/C22H19ClO3/c23-19-8-4-7-18(15-19)21(13-16-5-2-1-3-6-16)26-20-11-9-17(10-12-20)14-22(24)25/h1-12,15,21H,13-14H2,(H,24,25). The maximum atomic E-state index is 10.8. The van der Waals surface area contributed by atoms with Gasteiger partial charge in [0, 0.05) is 11.4 Å². The van der Waals surface area contributed by atoms with Crippen molar-refractivity contribution in [2.45, 2.75) is 18.9 Å². The highest BCUT2D eigenvalue weighted by molar-refractivity contribution is 6.30. The predicted octanol–water partition coefficient (Wildman–Crippen LogP) is 5.33. The summed E-state index contributed by atoms with van der Waals surface area (Å²) in [6, 6.07) is 25.0. The second-order valence-corrected chi connectivity index (χ2v) is 6.50. The Morgan fingerprint density at radius 2 is 1.65 bits per heavy atom. The molecule has 3 nitrogen and oxygen atoms in total. The summed E-state index contributed by atoms with van der Waals surface area (Å²) in [5.74, 6) is -0.153. The summed E-state index contributed by atoms with van der Waals surface area (Å²) in [5, 5.41) is 9.54. The van der Waals surface area contributed by atoms with Crippen LogP contribution in [0.1, 0.15) is 22.8 Å². The van der Waals surface area contributed by atoms with Crippen molar-refractivity contribution in [1.29, 1.82) is 0 Å². The van der Waals surface area contributed by atoms with Crippen molar-refractivity contribution in [2.75, 3.05) is 0 Å². The van der Waals surface area contributed by atoms with Gasteiger partial charge in [0.05, 0.1) is 6.42 Å². The van der Waals surface area contributed by atoms with E-state index in [1.165, 1.54) is 5.56 Å². The highest BCUT2D eigenvalue weighted by Gasteiger charge is 2.15. The Bertz CT molecular complexity index is 860. The normalized spacial score (nSPS) is 11.7. The molecule has 1 unspecified atom stereocenters. The number of carboxylic acid groups (broad SMARTS) is 1. The molecule has 0 saturated carbocycles. The molecule has 0 aliphatic rings. The average molecular weight is 367 g/mol. The third kappa shape index (κ3) is 5.11. The van der Waals surface area contributed by atoms with Gasteiger partial charge >= 0.3 is 5.97 Å². The van der Waals surface area contributed by atoms with Crippen LogP contribution < -0.4 is 4.74 Å². The number of hydrogen-bond acceptors (Lipinski definition) is 2. The summed E-state index contributed by atoms with van der Waals surface area (Å²) in [6.07, 6.45) is 0.515. The molecule has 0 radical (unpaired) electrons. The molecule has 0 bridgehead atoms. The molecule has 0 aromatic heterocycles. The zero-order chi connectivity index (χ0) is 18.4. The van der Waals surface area contributed by atoms with Gasteiger partial charge in [-0.2, -0.15) is 0 Å². The fourth-order valence-electron chi connectivity index (χ4n) is 2.79. The van der Waals surface area contributed by atoms with Crippen molar-refractivity contribution in [3.05, 3.63) is 101 Å². The van der Waals surface area contributed by atoms with Gasteiger partial charge in [0.15, 0.2) is 0 Å². The highest BCUT2D eigenvalue weighted by atomic mass is 35.5. The minimum Gasteiger partial charge on any atom is -0.485 e. The summed E-state index contributed by atoms with van der Waals surface area (Å²) >= 11 is 6.15. The molecule has 3 rings (SSSR count). The number of carbonyl (C=O) groups is 1. The Morgan fingerprint density at radius 1 is 0.923 bits per heavy atom. The Kier molecular flexibility index (Phi) is 5.92. The van der Waals surface area contributed by atoms with Gasteiger partial charge in [-0.05, 0) is 41.0 Å². The first kappa shape index (κ1) is 18.0. The Hall–Kier alpha value is -2.78. The van der Waals surface area contributed by atoms with Crippen LogP contribution in [0.3, 0.4) is 0 Å². The van der Waals surface area contributed by atoms with E-state index in [0.717, 1.165) is 11.1 Å². The molecule has 3 aromatic rings. The summed E-state index contributed by atoms with van der Waals surface area (Å²) in [5.41, 5.74) is 2.91. The van der Waals surface area contributed by atoms with Crippen molar-refractivity contribution in [3.8, 4) is 5.75 Å². The zero-order valence-corrected chi connectivity index (χ0v) is 14.9. The maximum absolute atomic E-state index is 10.8. The first-order valence-electron chi connectivity index (χ1n) is 8.37. The van der Waals surface area contributed by atoms with Gasteiger partial charge < -0.3 is 9.84 Å². The summed E-state index contributed by atoms with van der Waals surface area (Å²) < 4.78 is 6.21. The van der Waals surface area contributed by atoms with Gasteiger partial charge in [0.25, 0.3) is 0 Å². The van der Waals surface area contributed by atoms with Gasteiger partial charge in [-0.3, -0.25) is 4.79 Å². The smallest absolute Gasteiger partial charge is 0.307 e. The Morgan fingerprint density at radius 3 is 2.31 bits per heavy atom. The lowest BCUT2D eigenvalue weighted by atomic mass is 10.0. The number of hydrogen-bond donors (Lipinski definition) is 1. The monoisotopic (exact) mass is 366 g/mol. The highest BCUT2D eigenvalue weighted by Crippen LogP contribution is 2.27. The van der Waals surface area contributed by atoms with E-state index in [4.69, 9.17) is 21.4 Å². The Balaban J connectivity index is 1.82. The minimum atomic E-state index is -0.848. The number of carboxylic acids is 1. The van der Waals surface area contributed by atoms with Crippen molar-refractivity contribution in [3.63, 3.8) is 0 Å². The van der Waals surface area contributed by atoms with Gasteiger partial charge in [0.1, 0.15) is 11.9 Å². The molecule has 1 atom stereocenters. The zero-order valence-electron chi connectivity index (χ0n) is 14.1. The van der Waals surface area contributed by atoms with Crippen LogP contribution in [-0.4, -0.2) is 11.1 Å². The van der Waals surface area contributed by atoms with E-state index in [-0.39, 0.29) is 12.5 Å². The molecule has 0 spiro atoms. The van der Waals surface area contributed by atoms with Crippen LogP contribution in [0.2, 0.25) is 5.02 Å². The lowest BCUT2D eigenvalue weighted by Crippen LogP contribution is -2.11. The molecule has 0 fully saturated rings. The minimum absolute atomic E-state index is 0.00200. The molecule has 0 aliphatic heterocycles. The van der Waals surface area contributed by atoms with E-state index in [1.54, 1.807) is 24.3 Å². The molecular formula is C22H19ClO3. The van der Waals surface area contributed by atoms with Crippen LogP contribution in [0.4, 0.5) is 0 Å². The molecule has 4 heteroatoms. The summed E-state index contributed by atoms with van der Waals surface area (Å²) in [4.78, 5) is 10.8. The quantitative estimate of drug-likeness (QED) is 0.614.